The summed E-state index contributed by atoms with van der Waals surface area (Å²) in [6, 6.07) is 11.0. The minimum Gasteiger partial charge on any atom is -0.392 e. The molecular formula is C16H16F2OS. The summed E-state index contributed by atoms with van der Waals surface area (Å²) in [6.45, 7) is 1.88. The molecular weight excluding hydrogens is 278 g/mol. The van der Waals surface area contributed by atoms with Crippen LogP contribution in [-0.4, -0.2) is 17.0 Å². The van der Waals surface area contributed by atoms with Crippen LogP contribution in [0.2, 0.25) is 0 Å². The Labute approximate surface area is 121 Å². The van der Waals surface area contributed by atoms with Crippen molar-refractivity contribution in [1.29, 1.82) is 0 Å². The third kappa shape index (κ3) is 4.05. The van der Waals surface area contributed by atoms with Crippen molar-refractivity contribution >= 4 is 11.8 Å². The normalized spacial score (nSPS) is 12.4. The molecule has 0 aliphatic heterocycles. The fourth-order valence-corrected chi connectivity index (χ4v) is 2.79. The molecule has 0 saturated carbocycles. The molecule has 2 rings (SSSR count). The number of thioether (sulfide) groups is 1. The summed E-state index contributed by atoms with van der Waals surface area (Å²) in [5, 5.41) is 10.0. The molecule has 0 spiro atoms. The zero-order valence-corrected chi connectivity index (χ0v) is 12.0. The first-order valence-corrected chi connectivity index (χ1v) is 7.35. The lowest BCUT2D eigenvalue weighted by Gasteiger charge is -2.12. The minimum absolute atomic E-state index is 0.286. The Bertz CT molecular complexity index is 586. The van der Waals surface area contributed by atoms with E-state index in [-0.39, 0.29) is 11.6 Å². The Balaban J connectivity index is 1.94. The van der Waals surface area contributed by atoms with Crippen LogP contribution in [0, 0.1) is 18.6 Å². The molecule has 0 heterocycles. The number of aryl methyl sites for hydroxylation is 1. The number of halogens is 2. The average Bonchev–Trinajstić information content (AvgIpc) is 2.42. The highest BCUT2D eigenvalue weighted by atomic mass is 32.2. The fraction of sp³-hybridized carbons (Fsp3) is 0.250. The van der Waals surface area contributed by atoms with Crippen LogP contribution in [-0.2, 0) is 6.42 Å². The summed E-state index contributed by atoms with van der Waals surface area (Å²) in [7, 11) is 0. The van der Waals surface area contributed by atoms with Gasteiger partial charge in [-0.15, -0.1) is 11.8 Å². The molecule has 0 aliphatic carbocycles. The van der Waals surface area contributed by atoms with Gasteiger partial charge in [0, 0.05) is 10.6 Å². The van der Waals surface area contributed by atoms with Gasteiger partial charge in [-0.2, -0.15) is 0 Å². The smallest absolute Gasteiger partial charge is 0.136 e. The number of benzene rings is 2. The SMILES string of the molecule is Cc1ccc(F)cc1CC(O)CSc1ccccc1F. The first-order valence-electron chi connectivity index (χ1n) is 6.36. The first-order chi connectivity index (χ1) is 9.56. The Hall–Kier alpha value is -1.39. The molecule has 0 radical (unpaired) electrons. The standard InChI is InChI=1S/C16H16F2OS/c1-11-6-7-13(17)8-12(11)9-14(19)10-20-16-5-3-2-4-15(16)18/h2-8,14,19H,9-10H2,1H3. The van der Waals surface area contributed by atoms with E-state index >= 15 is 0 Å². The molecule has 0 bridgehead atoms. The van der Waals surface area contributed by atoms with E-state index in [1.54, 1.807) is 24.3 Å². The maximum Gasteiger partial charge on any atom is 0.136 e. The number of hydrogen-bond donors (Lipinski definition) is 1. The molecule has 2 aromatic carbocycles. The van der Waals surface area contributed by atoms with Crippen LogP contribution < -0.4 is 0 Å². The zero-order chi connectivity index (χ0) is 14.5. The lowest BCUT2D eigenvalue weighted by molar-refractivity contribution is 0.200. The summed E-state index contributed by atoms with van der Waals surface area (Å²) in [5.41, 5.74) is 1.73. The van der Waals surface area contributed by atoms with E-state index < -0.39 is 6.10 Å². The molecule has 106 valence electrons. The van der Waals surface area contributed by atoms with Crippen LogP contribution in [0.5, 0.6) is 0 Å². The lowest BCUT2D eigenvalue weighted by Crippen LogP contribution is -2.14. The van der Waals surface area contributed by atoms with Crippen LogP contribution in [0.25, 0.3) is 0 Å². The molecule has 1 nitrogen and oxygen atoms in total. The minimum atomic E-state index is -0.639. The van der Waals surface area contributed by atoms with Gasteiger partial charge in [-0.1, -0.05) is 18.2 Å². The Morgan fingerprint density at radius 3 is 2.65 bits per heavy atom. The molecule has 0 saturated heterocycles. The third-order valence-corrected chi connectivity index (χ3v) is 4.23. The van der Waals surface area contributed by atoms with Gasteiger partial charge in [-0.05, 0) is 48.7 Å². The van der Waals surface area contributed by atoms with Gasteiger partial charge < -0.3 is 5.11 Å². The number of aliphatic hydroxyl groups is 1. The second-order valence-electron chi connectivity index (χ2n) is 4.67. The van der Waals surface area contributed by atoms with E-state index in [2.05, 4.69) is 0 Å². The maximum atomic E-state index is 13.4. The van der Waals surface area contributed by atoms with Crippen molar-refractivity contribution in [2.75, 3.05) is 5.75 Å². The summed E-state index contributed by atoms with van der Waals surface area (Å²) < 4.78 is 26.6. The Morgan fingerprint density at radius 2 is 1.90 bits per heavy atom. The van der Waals surface area contributed by atoms with Crippen LogP contribution in [0.4, 0.5) is 8.78 Å². The van der Waals surface area contributed by atoms with Gasteiger partial charge in [0.05, 0.1) is 6.10 Å². The second kappa shape index (κ2) is 6.86. The molecule has 0 amide bonds. The van der Waals surface area contributed by atoms with E-state index in [1.165, 1.54) is 30.0 Å². The van der Waals surface area contributed by atoms with Crippen molar-refractivity contribution in [3.8, 4) is 0 Å². The monoisotopic (exact) mass is 294 g/mol. The Morgan fingerprint density at radius 1 is 1.15 bits per heavy atom. The molecule has 1 N–H and O–H groups in total. The third-order valence-electron chi connectivity index (χ3n) is 3.03. The van der Waals surface area contributed by atoms with Gasteiger partial charge in [0.25, 0.3) is 0 Å². The second-order valence-corrected chi connectivity index (χ2v) is 5.73. The molecule has 0 aromatic heterocycles. The van der Waals surface area contributed by atoms with Crippen LogP contribution in [0.1, 0.15) is 11.1 Å². The number of hydrogen-bond acceptors (Lipinski definition) is 2. The summed E-state index contributed by atoms with van der Waals surface area (Å²) in [4.78, 5) is 0.516. The highest BCUT2D eigenvalue weighted by molar-refractivity contribution is 7.99. The molecule has 0 fully saturated rings. The first kappa shape index (κ1) is 15.0. The lowest BCUT2D eigenvalue weighted by atomic mass is 10.0. The van der Waals surface area contributed by atoms with Gasteiger partial charge in [-0.3, -0.25) is 0 Å². The predicted molar refractivity (Wildman–Crippen MR) is 78.0 cm³/mol. The molecule has 1 atom stereocenters. The van der Waals surface area contributed by atoms with Gasteiger partial charge in [-0.25, -0.2) is 8.78 Å². The van der Waals surface area contributed by atoms with Crippen molar-refractivity contribution in [3.63, 3.8) is 0 Å². The molecule has 2 aromatic rings. The quantitative estimate of drug-likeness (QED) is 0.842. The summed E-state index contributed by atoms with van der Waals surface area (Å²) >= 11 is 1.27. The maximum absolute atomic E-state index is 13.4. The Kier molecular flexibility index (Phi) is 5.15. The number of aliphatic hydroxyl groups excluding tert-OH is 1. The summed E-state index contributed by atoms with van der Waals surface area (Å²) in [5.74, 6) is -0.220. The van der Waals surface area contributed by atoms with Gasteiger partial charge in [0.1, 0.15) is 11.6 Å². The zero-order valence-electron chi connectivity index (χ0n) is 11.1. The highest BCUT2D eigenvalue weighted by Crippen LogP contribution is 2.23. The van der Waals surface area contributed by atoms with E-state index in [9.17, 15) is 13.9 Å². The van der Waals surface area contributed by atoms with E-state index in [1.807, 2.05) is 6.92 Å². The van der Waals surface area contributed by atoms with Crippen molar-refractivity contribution < 1.29 is 13.9 Å². The highest BCUT2D eigenvalue weighted by Gasteiger charge is 2.10. The van der Waals surface area contributed by atoms with Crippen molar-refractivity contribution in [2.24, 2.45) is 0 Å². The summed E-state index contributed by atoms with van der Waals surface area (Å²) in [6.07, 6.45) is -0.273. The van der Waals surface area contributed by atoms with Crippen LogP contribution in [0.15, 0.2) is 47.4 Å². The van der Waals surface area contributed by atoms with E-state index in [4.69, 9.17) is 0 Å². The predicted octanol–water partition coefficient (Wildman–Crippen LogP) is 3.97. The van der Waals surface area contributed by atoms with Crippen LogP contribution in [0.3, 0.4) is 0 Å². The van der Waals surface area contributed by atoms with E-state index in [0.29, 0.717) is 17.1 Å². The van der Waals surface area contributed by atoms with Crippen molar-refractivity contribution in [1.82, 2.24) is 0 Å². The van der Waals surface area contributed by atoms with Crippen molar-refractivity contribution in [2.45, 2.75) is 24.3 Å². The molecule has 1 unspecified atom stereocenters. The fourth-order valence-electron chi connectivity index (χ4n) is 1.92. The largest absolute Gasteiger partial charge is 0.392 e. The molecule has 20 heavy (non-hydrogen) atoms. The van der Waals surface area contributed by atoms with Gasteiger partial charge in [0.2, 0.25) is 0 Å². The van der Waals surface area contributed by atoms with Gasteiger partial charge >= 0.3 is 0 Å². The van der Waals surface area contributed by atoms with Crippen molar-refractivity contribution in [3.05, 3.63) is 65.2 Å². The topological polar surface area (TPSA) is 20.2 Å². The van der Waals surface area contributed by atoms with Gasteiger partial charge in [0.15, 0.2) is 0 Å². The molecule has 4 heteroatoms. The van der Waals surface area contributed by atoms with E-state index in [0.717, 1.165) is 11.1 Å². The molecule has 0 aliphatic rings. The van der Waals surface area contributed by atoms with Crippen LogP contribution >= 0.6 is 11.8 Å². The average molecular weight is 294 g/mol. The number of rotatable bonds is 5.